The first-order valence-corrected chi connectivity index (χ1v) is 8.81. The number of carbonyl (C=O) groups is 1. The van der Waals surface area contributed by atoms with Gasteiger partial charge in [0.2, 0.25) is 0 Å². The number of aromatic nitrogens is 4. The van der Waals surface area contributed by atoms with Gasteiger partial charge in [-0.1, -0.05) is 12.1 Å². The monoisotopic (exact) mass is 350 g/mol. The lowest BCUT2D eigenvalue weighted by Crippen LogP contribution is -2.54. The van der Waals surface area contributed by atoms with Crippen LogP contribution in [0.2, 0.25) is 0 Å². The second-order valence-electron chi connectivity index (χ2n) is 6.82. The van der Waals surface area contributed by atoms with Crippen molar-refractivity contribution in [2.45, 2.75) is 19.9 Å². The third-order valence-corrected chi connectivity index (χ3v) is 4.86. The van der Waals surface area contributed by atoms with Gasteiger partial charge < -0.3 is 9.80 Å². The molecule has 1 saturated heterocycles. The highest BCUT2D eigenvalue weighted by molar-refractivity contribution is 5.94. The van der Waals surface area contributed by atoms with Crippen LogP contribution in [-0.4, -0.2) is 56.2 Å². The minimum absolute atomic E-state index is 0.0339. The quantitative estimate of drug-likeness (QED) is 0.707. The summed E-state index contributed by atoms with van der Waals surface area (Å²) >= 11 is 0. The Labute approximate surface area is 152 Å². The number of benzene rings is 1. The normalized spacial score (nSPS) is 17.7. The first-order chi connectivity index (χ1) is 12.5. The van der Waals surface area contributed by atoms with E-state index in [0.29, 0.717) is 12.1 Å². The lowest BCUT2D eigenvalue weighted by Gasteiger charge is -2.40. The molecule has 0 bridgehead atoms. The Bertz CT molecular complexity index is 966. The largest absolute Gasteiger partial charge is 0.351 e. The molecule has 0 spiro atoms. The van der Waals surface area contributed by atoms with Crippen LogP contribution in [0, 0.1) is 6.92 Å². The second-order valence-corrected chi connectivity index (χ2v) is 6.82. The molecule has 7 nitrogen and oxygen atoms in total. The second kappa shape index (κ2) is 6.40. The molecule has 3 aromatic rings. The predicted molar refractivity (Wildman–Crippen MR) is 100 cm³/mol. The molecular weight excluding hydrogens is 328 g/mol. The Hall–Kier alpha value is -2.96. The van der Waals surface area contributed by atoms with E-state index >= 15 is 0 Å². The predicted octanol–water partition coefficient (Wildman–Crippen LogP) is 2.02. The molecule has 2 aromatic heterocycles. The van der Waals surface area contributed by atoms with E-state index in [-0.39, 0.29) is 11.9 Å². The fourth-order valence-electron chi connectivity index (χ4n) is 3.53. The number of amides is 1. The number of fused-ring (bicyclic) bond motifs is 1. The Balaban J connectivity index is 1.55. The molecule has 1 aliphatic rings. The average molecular weight is 350 g/mol. The van der Waals surface area contributed by atoms with Crippen LogP contribution < -0.4 is 4.90 Å². The highest BCUT2D eigenvalue weighted by atomic mass is 16.2. The first-order valence-electron chi connectivity index (χ1n) is 8.81. The maximum Gasteiger partial charge on any atom is 0.257 e. The SMILES string of the molecule is Cc1nc2ccccc2nc1N1CCN(C(=O)c2cnn(C)c2)C(C)C1. The van der Waals surface area contributed by atoms with Crippen LogP contribution in [0.1, 0.15) is 23.0 Å². The molecule has 0 saturated carbocycles. The van der Waals surface area contributed by atoms with Crippen molar-refractivity contribution in [2.75, 3.05) is 24.5 Å². The Kier molecular flexibility index (Phi) is 4.06. The van der Waals surface area contributed by atoms with E-state index in [0.717, 1.165) is 35.6 Å². The number of anilines is 1. The molecule has 134 valence electrons. The highest BCUT2D eigenvalue weighted by Crippen LogP contribution is 2.23. The molecule has 4 rings (SSSR count). The zero-order chi connectivity index (χ0) is 18.3. The molecule has 1 fully saturated rings. The standard InChI is InChI=1S/C19H22N6O/c1-13-11-24(8-9-25(13)19(26)15-10-20-23(3)12-15)18-14(2)21-16-6-4-5-7-17(16)22-18/h4-7,10,12-13H,8-9,11H2,1-3H3. The Morgan fingerprint density at radius 2 is 1.88 bits per heavy atom. The summed E-state index contributed by atoms with van der Waals surface area (Å²) in [6, 6.07) is 8.00. The van der Waals surface area contributed by atoms with E-state index < -0.39 is 0 Å². The first kappa shape index (κ1) is 16.5. The lowest BCUT2D eigenvalue weighted by atomic mass is 10.1. The molecule has 1 atom stereocenters. The van der Waals surface area contributed by atoms with Crippen molar-refractivity contribution in [3.05, 3.63) is 47.9 Å². The average Bonchev–Trinajstić information content (AvgIpc) is 3.07. The molecule has 0 aliphatic carbocycles. The number of nitrogens with zero attached hydrogens (tertiary/aromatic N) is 6. The van der Waals surface area contributed by atoms with Crippen LogP contribution in [0.4, 0.5) is 5.82 Å². The topological polar surface area (TPSA) is 67.2 Å². The van der Waals surface area contributed by atoms with E-state index in [2.05, 4.69) is 21.9 Å². The van der Waals surface area contributed by atoms with Crippen molar-refractivity contribution in [1.29, 1.82) is 0 Å². The van der Waals surface area contributed by atoms with Crippen molar-refractivity contribution in [2.24, 2.45) is 7.05 Å². The van der Waals surface area contributed by atoms with Crippen LogP contribution >= 0.6 is 0 Å². The molecule has 3 heterocycles. The third-order valence-electron chi connectivity index (χ3n) is 4.86. The fourth-order valence-corrected chi connectivity index (χ4v) is 3.53. The number of para-hydroxylation sites is 2. The minimum atomic E-state index is 0.0339. The van der Waals surface area contributed by atoms with E-state index in [1.165, 1.54) is 0 Å². The van der Waals surface area contributed by atoms with Crippen LogP contribution in [0.25, 0.3) is 11.0 Å². The van der Waals surface area contributed by atoms with Gasteiger partial charge >= 0.3 is 0 Å². The molecule has 1 aliphatic heterocycles. The van der Waals surface area contributed by atoms with E-state index in [9.17, 15) is 4.79 Å². The Morgan fingerprint density at radius 3 is 2.54 bits per heavy atom. The van der Waals surface area contributed by atoms with Gasteiger partial charge in [-0.2, -0.15) is 5.10 Å². The van der Waals surface area contributed by atoms with Crippen molar-refractivity contribution < 1.29 is 4.79 Å². The number of carbonyl (C=O) groups excluding carboxylic acids is 1. The lowest BCUT2D eigenvalue weighted by molar-refractivity contribution is 0.0673. The number of rotatable bonds is 2. The van der Waals surface area contributed by atoms with E-state index in [1.807, 2.05) is 43.1 Å². The van der Waals surface area contributed by atoms with Crippen molar-refractivity contribution >= 4 is 22.8 Å². The summed E-state index contributed by atoms with van der Waals surface area (Å²) in [6.45, 7) is 6.20. The summed E-state index contributed by atoms with van der Waals surface area (Å²) in [6.07, 6.45) is 3.39. The van der Waals surface area contributed by atoms with Crippen molar-refractivity contribution in [3.63, 3.8) is 0 Å². The highest BCUT2D eigenvalue weighted by Gasteiger charge is 2.30. The summed E-state index contributed by atoms with van der Waals surface area (Å²) in [5.74, 6) is 0.940. The molecule has 0 radical (unpaired) electrons. The third kappa shape index (κ3) is 2.89. The minimum Gasteiger partial charge on any atom is -0.351 e. The van der Waals surface area contributed by atoms with Gasteiger partial charge in [-0.3, -0.25) is 9.48 Å². The van der Waals surface area contributed by atoms with Crippen LogP contribution in [0.5, 0.6) is 0 Å². The Morgan fingerprint density at radius 1 is 1.15 bits per heavy atom. The summed E-state index contributed by atoms with van der Waals surface area (Å²) < 4.78 is 1.65. The zero-order valence-corrected chi connectivity index (χ0v) is 15.3. The maximum atomic E-state index is 12.7. The van der Waals surface area contributed by atoms with E-state index in [4.69, 9.17) is 4.98 Å². The number of hydrogen-bond donors (Lipinski definition) is 0. The van der Waals surface area contributed by atoms with Gasteiger partial charge in [0.05, 0.1) is 28.5 Å². The molecular formula is C19H22N6O. The van der Waals surface area contributed by atoms with Gasteiger partial charge in [0.15, 0.2) is 5.82 Å². The van der Waals surface area contributed by atoms with Crippen LogP contribution in [-0.2, 0) is 7.05 Å². The van der Waals surface area contributed by atoms with Crippen LogP contribution in [0.15, 0.2) is 36.7 Å². The molecule has 0 N–H and O–H groups in total. The van der Waals surface area contributed by atoms with E-state index in [1.54, 1.807) is 17.1 Å². The molecule has 26 heavy (non-hydrogen) atoms. The van der Waals surface area contributed by atoms with Gasteiger partial charge in [0.1, 0.15) is 0 Å². The molecule has 1 aromatic carbocycles. The van der Waals surface area contributed by atoms with Crippen molar-refractivity contribution in [1.82, 2.24) is 24.6 Å². The van der Waals surface area contributed by atoms with Gasteiger partial charge in [-0.05, 0) is 26.0 Å². The number of aryl methyl sites for hydroxylation is 2. The summed E-state index contributed by atoms with van der Waals surface area (Å²) in [5.41, 5.74) is 3.36. The van der Waals surface area contributed by atoms with Gasteiger partial charge in [-0.25, -0.2) is 9.97 Å². The molecule has 1 amide bonds. The summed E-state index contributed by atoms with van der Waals surface area (Å²) in [7, 11) is 1.82. The van der Waals surface area contributed by atoms with Gasteiger partial charge in [0.25, 0.3) is 5.91 Å². The molecule has 7 heteroatoms. The zero-order valence-electron chi connectivity index (χ0n) is 15.3. The summed E-state index contributed by atoms with van der Waals surface area (Å²) in [4.78, 5) is 26.4. The van der Waals surface area contributed by atoms with Crippen molar-refractivity contribution in [3.8, 4) is 0 Å². The van der Waals surface area contributed by atoms with Gasteiger partial charge in [-0.15, -0.1) is 0 Å². The molecule has 1 unspecified atom stereocenters. The van der Waals surface area contributed by atoms with Crippen LogP contribution in [0.3, 0.4) is 0 Å². The summed E-state index contributed by atoms with van der Waals surface area (Å²) in [5, 5.41) is 4.10. The van der Waals surface area contributed by atoms with Gasteiger partial charge in [0, 0.05) is 38.9 Å². The number of piperazine rings is 1. The maximum absolute atomic E-state index is 12.7. The fraction of sp³-hybridized carbons (Fsp3) is 0.368. The smallest absolute Gasteiger partial charge is 0.257 e. The number of hydrogen-bond acceptors (Lipinski definition) is 5.